The molecule has 0 aromatic heterocycles. The number of thioether (sulfide) groups is 1. The van der Waals surface area contributed by atoms with Crippen LogP contribution in [-0.2, 0) is 16.7 Å². The number of alkyl halides is 3. The number of hydrogen-bond acceptors (Lipinski definition) is 3. The molecule has 2 rings (SSSR count). The molecule has 0 aliphatic carbocycles. The zero-order valence-corrected chi connectivity index (χ0v) is 14.3. The van der Waals surface area contributed by atoms with Crippen molar-refractivity contribution in [3.8, 4) is 6.07 Å². The minimum absolute atomic E-state index is 0.0402. The van der Waals surface area contributed by atoms with Gasteiger partial charge in [-0.15, -0.1) is 11.8 Å². The van der Waals surface area contributed by atoms with Gasteiger partial charge in [0.15, 0.2) is 0 Å². The Morgan fingerprint density at radius 3 is 2.48 bits per heavy atom. The third-order valence-electron chi connectivity index (χ3n) is 3.15. The van der Waals surface area contributed by atoms with Crippen molar-refractivity contribution < 1.29 is 18.0 Å². The van der Waals surface area contributed by atoms with E-state index in [1.165, 1.54) is 11.8 Å². The maximum atomic E-state index is 12.7. The Labute approximate surface area is 151 Å². The normalized spacial score (nSPS) is 11.0. The maximum Gasteiger partial charge on any atom is 0.416 e. The Balaban J connectivity index is 1.90. The van der Waals surface area contributed by atoms with Crippen LogP contribution in [0.15, 0.2) is 42.5 Å². The largest absolute Gasteiger partial charge is 0.416 e. The van der Waals surface area contributed by atoms with E-state index in [0.717, 1.165) is 23.8 Å². The van der Waals surface area contributed by atoms with E-state index in [2.05, 4.69) is 5.32 Å². The van der Waals surface area contributed by atoms with Crippen LogP contribution in [0, 0.1) is 11.3 Å². The number of nitrogens with one attached hydrogen (secondary N) is 1. The van der Waals surface area contributed by atoms with Gasteiger partial charge in [0.2, 0.25) is 5.91 Å². The van der Waals surface area contributed by atoms with E-state index >= 15 is 0 Å². The summed E-state index contributed by atoms with van der Waals surface area (Å²) in [6.45, 7) is 0. The second kappa shape index (κ2) is 8.28. The van der Waals surface area contributed by atoms with Crippen molar-refractivity contribution >= 4 is 35.0 Å². The van der Waals surface area contributed by atoms with Gasteiger partial charge in [-0.25, -0.2) is 0 Å². The lowest BCUT2D eigenvalue weighted by Crippen LogP contribution is -2.15. The second-order valence-corrected chi connectivity index (χ2v) is 6.43. The highest BCUT2D eigenvalue weighted by Crippen LogP contribution is 2.33. The Morgan fingerprint density at radius 2 is 1.88 bits per heavy atom. The van der Waals surface area contributed by atoms with Crippen LogP contribution >= 0.6 is 23.4 Å². The summed E-state index contributed by atoms with van der Waals surface area (Å²) in [7, 11) is 0. The minimum atomic E-state index is -4.51. The fourth-order valence-electron chi connectivity index (χ4n) is 1.92. The predicted octanol–water partition coefficient (Wildman–Crippen LogP) is 5.10. The van der Waals surface area contributed by atoms with Gasteiger partial charge in [-0.05, 0) is 35.9 Å². The topological polar surface area (TPSA) is 52.9 Å². The third kappa shape index (κ3) is 5.69. The molecule has 1 amide bonds. The molecule has 0 radical (unpaired) electrons. The van der Waals surface area contributed by atoms with Crippen LogP contribution in [-0.4, -0.2) is 11.7 Å². The molecule has 0 saturated carbocycles. The Hall–Kier alpha value is -2.17. The van der Waals surface area contributed by atoms with Gasteiger partial charge < -0.3 is 5.32 Å². The molecule has 0 aliphatic rings. The summed E-state index contributed by atoms with van der Waals surface area (Å²) >= 11 is 7.14. The monoisotopic (exact) mass is 384 g/mol. The number of anilines is 1. The van der Waals surface area contributed by atoms with Crippen molar-refractivity contribution in [2.45, 2.75) is 11.9 Å². The molecule has 0 atom stereocenters. The lowest BCUT2D eigenvalue weighted by molar-refractivity contribution is -0.137. The zero-order chi connectivity index (χ0) is 18.4. The number of rotatable bonds is 5. The van der Waals surface area contributed by atoms with E-state index in [0.29, 0.717) is 11.3 Å². The molecule has 25 heavy (non-hydrogen) atoms. The number of hydrogen-bond donors (Lipinski definition) is 1. The van der Waals surface area contributed by atoms with Gasteiger partial charge in [-0.3, -0.25) is 4.79 Å². The summed E-state index contributed by atoms with van der Waals surface area (Å²) in [6, 6.07) is 11.7. The fraction of sp³-hybridized carbons (Fsp3) is 0.176. The first-order valence-electron chi connectivity index (χ1n) is 7.03. The van der Waals surface area contributed by atoms with Gasteiger partial charge in [0.25, 0.3) is 0 Å². The molecule has 3 nitrogen and oxygen atoms in total. The van der Waals surface area contributed by atoms with Crippen LogP contribution < -0.4 is 5.32 Å². The third-order valence-corrected chi connectivity index (χ3v) is 4.49. The lowest BCUT2D eigenvalue weighted by Gasteiger charge is -2.11. The smallest absolute Gasteiger partial charge is 0.324 e. The summed E-state index contributed by atoms with van der Waals surface area (Å²) < 4.78 is 38.1. The first kappa shape index (κ1) is 19.2. The first-order valence-corrected chi connectivity index (χ1v) is 8.56. The van der Waals surface area contributed by atoms with Gasteiger partial charge in [-0.1, -0.05) is 23.7 Å². The molecule has 0 bridgehead atoms. The molecule has 0 heterocycles. The number of amides is 1. The number of benzene rings is 2. The standard InChI is InChI=1S/C17H12ClF3N2OS/c18-14-6-5-13(17(19,20)21)7-15(14)23-16(24)10-25-9-12-3-1-11(8-22)2-4-12/h1-7H,9-10H2,(H,23,24). The fourth-order valence-corrected chi connectivity index (χ4v) is 2.87. The molecule has 130 valence electrons. The van der Waals surface area contributed by atoms with Gasteiger partial charge in [-0.2, -0.15) is 18.4 Å². The van der Waals surface area contributed by atoms with Crippen molar-refractivity contribution in [1.82, 2.24) is 0 Å². The molecule has 0 unspecified atom stereocenters. The molecule has 1 N–H and O–H groups in total. The first-order chi connectivity index (χ1) is 11.8. The molecule has 0 spiro atoms. The van der Waals surface area contributed by atoms with Gasteiger partial charge >= 0.3 is 6.18 Å². The molecule has 8 heteroatoms. The number of nitriles is 1. The average Bonchev–Trinajstić information content (AvgIpc) is 2.56. The zero-order valence-electron chi connectivity index (χ0n) is 12.7. The van der Waals surface area contributed by atoms with E-state index in [9.17, 15) is 18.0 Å². The van der Waals surface area contributed by atoms with E-state index in [1.807, 2.05) is 6.07 Å². The van der Waals surface area contributed by atoms with E-state index in [4.69, 9.17) is 16.9 Å². The van der Waals surface area contributed by atoms with Crippen LogP contribution in [0.25, 0.3) is 0 Å². The van der Waals surface area contributed by atoms with Gasteiger partial charge in [0.1, 0.15) is 0 Å². The van der Waals surface area contributed by atoms with E-state index in [1.54, 1.807) is 24.3 Å². The van der Waals surface area contributed by atoms with Crippen LogP contribution in [0.4, 0.5) is 18.9 Å². The van der Waals surface area contributed by atoms with E-state index < -0.39 is 17.6 Å². The van der Waals surface area contributed by atoms with Crippen molar-refractivity contribution in [2.75, 3.05) is 11.1 Å². The van der Waals surface area contributed by atoms with E-state index in [-0.39, 0.29) is 16.5 Å². The van der Waals surface area contributed by atoms with Crippen molar-refractivity contribution in [1.29, 1.82) is 5.26 Å². The van der Waals surface area contributed by atoms with Crippen molar-refractivity contribution in [3.05, 3.63) is 64.2 Å². The molecule has 2 aromatic carbocycles. The molecule has 0 fully saturated rings. The highest BCUT2D eigenvalue weighted by molar-refractivity contribution is 7.99. The van der Waals surface area contributed by atoms with Crippen molar-refractivity contribution in [2.24, 2.45) is 0 Å². The maximum absolute atomic E-state index is 12.7. The number of nitrogens with zero attached hydrogens (tertiary/aromatic N) is 1. The summed E-state index contributed by atoms with van der Waals surface area (Å²) in [5.74, 6) is 0.155. The summed E-state index contributed by atoms with van der Waals surface area (Å²) in [4.78, 5) is 11.9. The second-order valence-electron chi connectivity index (χ2n) is 5.04. The van der Waals surface area contributed by atoms with Crippen molar-refractivity contribution in [3.63, 3.8) is 0 Å². The quantitative estimate of drug-likeness (QED) is 0.780. The van der Waals surface area contributed by atoms with Crippen LogP contribution in [0.1, 0.15) is 16.7 Å². The summed E-state index contributed by atoms with van der Waals surface area (Å²) in [5.41, 5.74) is 0.539. The van der Waals surface area contributed by atoms with Gasteiger partial charge in [0.05, 0.1) is 33.7 Å². The lowest BCUT2D eigenvalue weighted by atomic mass is 10.2. The summed E-state index contributed by atoms with van der Waals surface area (Å²) in [6.07, 6.45) is -4.51. The average molecular weight is 385 g/mol. The highest BCUT2D eigenvalue weighted by atomic mass is 35.5. The molecule has 0 aliphatic heterocycles. The highest BCUT2D eigenvalue weighted by Gasteiger charge is 2.31. The van der Waals surface area contributed by atoms with Crippen LogP contribution in [0.5, 0.6) is 0 Å². The number of carbonyl (C=O) groups excluding carboxylic acids is 1. The molecule has 0 saturated heterocycles. The predicted molar refractivity (Wildman–Crippen MR) is 92.4 cm³/mol. The molecular weight excluding hydrogens is 373 g/mol. The minimum Gasteiger partial charge on any atom is -0.324 e. The Bertz CT molecular complexity index is 801. The number of carbonyl (C=O) groups is 1. The number of halogens is 4. The van der Waals surface area contributed by atoms with Crippen LogP contribution in [0.3, 0.4) is 0 Å². The summed E-state index contributed by atoms with van der Waals surface area (Å²) in [5, 5.41) is 11.2. The SMILES string of the molecule is N#Cc1ccc(CSCC(=O)Nc2cc(C(F)(F)F)ccc2Cl)cc1. The van der Waals surface area contributed by atoms with Gasteiger partial charge in [0, 0.05) is 5.75 Å². The molecule has 2 aromatic rings. The Kier molecular flexibility index (Phi) is 6.34. The van der Waals surface area contributed by atoms with Crippen LogP contribution in [0.2, 0.25) is 5.02 Å². The molecular formula is C17H12ClF3N2OS. The Morgan fingerprint density at radius 1 is 1.20 bits per heavy atom.